The van der Waals surface area contributed by atoms with Crippen LogP contribution in [0.15, 0.2) is 315 Å². The zero-order chi connectivity index (χ0) is 62.6. The SMILES string of the molecule is CC1(C)c2cc(-c3ccc(-c4ccc5ccc6cccc7ccc4c5c67)cc3)ccc2-c2ccc(-c3cccc4ccccc34)cc21.CC1(C)c2cc(-c3cccc(-c4ccc5ccc6cccc7ccc4c5c67)c3)ccc2-c2ccc(-c3ccc4ccccc4c3)cc21. The van der Waals surface area contributed by atoms with Crippen LogP contribution in [0.5, 0.6) is 0 Å². The largest absolute Gasteiger partial charge is 0.0616 e. The van der Waals surface area contributed by atoms with E-state index in [-0.39, 0.29) is 10.8 Å². The summed E-state index contributed by atoms with van der Waals surface area (Å²) in [7, 11) is 0. The van der Waals surface area contributed by atoms with Crippen LogP contribution in [0.3, 0.4) is 0 Å². The third kappa shape index (κ3) is 8.32. The molecule has 0 N–H and O–H groups in total. The summed E-state index contributed by atoms with van der Waals surface area (Å²) in [5.41, 5.74) is 26.0. The van der Waals surface area contributed by atoms with Crippen molar-refractivity contribution in [3.8, 4) is 89.0 Å². The van der Waals surface area contributed by atoms with E-state index in [1.54, 1.807) is 0 Å². The maximum absolute atomic E-state index is 2.44. The second-order valence-corrected chi connectivity index (χ2v) is 27.5. The smallest absolute Gasteiger partial charge is 0.0159 e. The van der Waals surface area contributed by atoms with E-state index >= 15 is 0 Å². The second kappa shape index (κ2) is 20.5. The Labute approximate surface area is 548 Å². The molecular weight excluding hydrogens is 1130 g/mol. The molecule has 18 aromatic rings. The van der Waals surface area contributed by atoms with Crippen LogP contribution in [0.4, 0.5) is 0 Å². The highest BCUT2D eigenvalue weighted by molar-refractivity contribution is 6.27. The molecule has 0 heterocycles. The molecule has 0 radical (unpaired) electrons. The van der Waals surface area contributed by atoms with Crippen LogP contribution in [0.1, 0.15) is 49.9 Å². The van der Waals surface area contributed by atoms with Gasteiger partial charge in [0.05, 0.1) is 0 Å². The van der Waals surface area contributed by atoms with Crippen LogP contribution in [0, 0.1) is 0 Å². The zero-order valence-corrected chi connectivity index (χ0v) is 53.0. The van der Waals surface area contributed by atoms with Gasteiger partial charge in [0.25, 0.3) is 0 Å². The maximum atomic E-state index is 2.44. The summed E-state index contributed by atoms with van der Waals surface area (Å²) in [6, 6.07) is 118. The Balaban J connectivity index is 0.000000133. The molecule has 0 aliphatic heterocycles. The summed E-state index contributed by atoms with van der Waals surface area (Å²) >= 11 is 0. The second-order valence-electron chi connectivity index (χ2n) is 27.5. The van der Waals surface area contributed by atoms with Crippen LogP contribution in [0.2, 0.25) is 0 Å². The average Bonchev–Trinajstić information content (AvgIpc) is 1.38. The molecule has 440 valence electrons. The fourth-order valence-corrected chi connectivity index (χ4v) is 16.7. The molecule has 20 rings (SSSR count). The highest BCUT2D eigenvalue weighted by atomic mass is 14.4. The third-order valence-corrected chi connectivity index (χ3v) is 21.6. The lowest BCUT2D eigenvalue weighted by Gasteiger charge is -2.23. The Morgan fingerprint density at radius 1 is 0.160 bits per heavy atom. The lowest BCUT2D eigenvalue weighted by atomic mass is 9.80. The van der Waals surface area contributed by atoms with Gasteiger partial charge in [0.15, 0.2) is 0 Å². The van der Waals surface area contributed by atoms with Gasteiger partial charge >= 0.3 is 0 Å². The average molecular weight is 1190 g/mol. The third-order valence-electron chi connectivity index (χ3n) is 21.6. The molecule has 2 aliphatic carbocycles. The van der Waals surface area contributed by atoms with Gasteiger partial charge in [-0.2, -0.15) is 0 Å². The highest BCUT2D eigenvalue weighted by Crippen LogP contribution is 2.53. The normalized spacial score (nSPS) is 13.5. The molecule has 0 saturated carbocycles. The van der Waals surface area contributed by atoms with E-state index in [4.69, 9.17) is 0 Å². The molecule has 0 nitrogen and oxygen atoms in total. The van der Waals surface area contributed by atoms with Crippen molar-refractivity contribution in [2.45, 2.75) is 38.5 Å². The van der Waals surface area contributed by atoms with E-state index in [0.29, 0.717) is 0 Å². The zero-order valence-electron chi connectivity index (χ0n) is 53.0. The lowest BCUT2D eigenvalue weighted by Crippen LogP contribution is -2.15. The predicted molar refractivity (Wildman–Crippen MR) is 403 cm³/mol. The molecule has 0 unspecified atom stereocenters. The van der Waals surface area contributed by atoms with Gasteiger partial charge in [-0.25, -0.2) is 0 Å². The van der Waals surface area contributed by atoms with Gasteiger partial charge in [-0.1, -0.05) is 307 Å². The summed E-state index contributed by atoms with van der Waals surface area (Å²) in [6.45, 7) is 9.52. The summed E-state index contributed by atoms with van der Waals surface area (Å²) in [6.07, 6.45) is 0. The van der Waals surface area contributed by atoms with Crippen molar-refractivity contribution in [1.29, 1.82) is 0 Å². The first kappa shape index (κ1) is 54.3. The highest BCUT2D eigenvalue weighted by Gasteiger charge is 2.37. The summed E-state index contributed by atoms with van der Waals surface area (Å²) < 4.78 is 0. The van der Waals surface area contributed by atoms with E-state index in [1.807, 2.05) is 0 Å². The molecule has 0 saturated heterocycles. The van der Waals surface area contributed by atoms with Crippen LogP contribution in [-0.2, 0) is 10.8 Å². The predicted octanol–water partition coefficient (Wildman–Crippen LogP) is 26.1. The van der Waals surface area contributed by atoms with Crippen molar-refractivity contribution in [3.63, 3.8) is 0 Å². The number of hydrogen-bond donors (Lipinski definition) is 0. The number of hydrogen-bond acceptors (Lipinski definition) is 0. The van der Waals surface area contributed by atoms with Crippen molar-refractivity contribution >= 4 is 86.2 Å². The van der Waals surface area contributed by atoms with Gasteiger partial charge in [-0.05, 0) is 234 Å². The molecular formula is C94H64. The van der Waals surface area contributed by atoms with Crippen LogP contribution in [0.25, 0.3) is 175 Å². The van der Waals surface area contributed by atoms with Gasteiger partial charge in [0.2, 0.25) is 0 Å². The fraction of sp³-hybridized carbons (Fsp3) is 0.0638. The monoisotopic (exact) mass is 1190 g/mol. The van der Waals surface area contributed by atoms with E-state index in [1.165, 1.54) is 197 Å². The maximum Gasteiger partial charge on any atom is 0.0159 e. The van der Waals surface area contributed by atoms with Gasteiger partial charge in [-0.15, -0.1) is 0 Å². The Bertz CT molecular complexity index is 6110. The molecule has 18 aromatic carbocycles. The number of rotatable bonds is 6. The molecule has 0 aromatic heterocycles. The summed E-state index contributed by atoms with van der Waals surface area (Å²) in [5.74, 6) is 0. The van der Waals surface area contributed by atoms with Crippen LogP contribution in [-0.4, -0.2) is 0 Å². The molecule has 0 amide bonds. The Hall–Kier alpha value is -11.4. The van der Waals surface area contributed by atoms with Gasteiger partial charge in [-0.3, -0.25) is 0 Å². The van der Waals surface area contributed by atoms with Crippen LogP contribution < -0.4 is 0 Å². The minimum absolute atomic E-state index is 0.0943. The van der Waals surface area contributed by atoms with Crippen molar-refractivity contribution in [2.24, 2.45) is 0 Å². The van der Waals surface area contributed by atoms with E-state index in [0.717, 1.165) is 0 Å². The minimum Gasteiger partial charge on any atom is -0.0616 e. The first-order valence-electron chi connectivity index (χ1n) is 33.2. The van der Waals surface area contributed by atoms with E-state index < -0.39 is 0 Å². The molecule has 0 heteroatoms. The quantitative estimate of drug-likeness (QED) is 0.146. The van der Waals surface area contributed by atoms with Crippen LogP contribution >= 0.6 is 0 Å². The lowest BCUT2D eigenvalue weighted by molar-refractivity contribution is 0.660. The topological polar surface area (TPSA) is 0 Å². The van der Waals surface area contributed by atoms with Crippen molar-refractivity contribution in [2.75, 3.05) is 0 Å². The summed E-state index contributed by atoms with van der Waals surface area (Å²) in [4.78, 5) is 0. The first-order chi connectivity index (χ1) is 46.1. The number of benzene rings is 18. The van der Waals surface area contributed by atoms with Gasteiger partial charge in [0, 0.05) is 10.8 Å². The molecule has 0 bridgehead atoms. The van der Waals surface area contributed by atoms with Gasteiger partial charge < -0.3 is 0 Å². The Morgan fingerprint density at radius 2 is 0.468 bits per heavy atom. The Kier molecular flexibility index (Phi) is 11.9. The molecule has 0 fully saturated rings. The fourth-order valence-electron chi connectivity index (χ4n) is 16.7. The number of fused-ring (bicyclic) bond motifs is 8. The molecule has 94 heavy (non-hydrogen) atoms. The van der Waals surface area contributed by atoms with E-state index in [9.17, 15) is 0 Å². The van der Waals surface area contributed by atoms with Crippen molar-refractivity contribution < 1.29 is 0 Å². The first-order valence-corrected chi connectivity index (χ1v) is 33.2. The van der Waals surface area contributed by atoms with Crippen molar-refractivity contribution in [3.05, 3.63) is 338 Å². The van der Waals surface area contributed by atoms with E-state index in [2.05, 4.69) is 343 Å². The minimum atomic E-state index is -0.1000. The van der Waals surface area contributed by atoms with Gasteiger partial charge in [0.1, 0.15) is 0 Å². The Morgan fingerprint density at radius 3 is 1.03 bits per heavy atom. The molecule has 2 aliphatic rings. The molecule has 0 spiro atoms. The molecule has 0 atom stereocenters. The standard InChI is InChI=1S/2C47H32/c1-47(2)43-27-35(21-24-40(43)41-25-22-36(28-44(41)47)38-12-6-8-30-7-3-4-11-37(30)38)29-13-15-31(16-14-29)39-23-19-34-18-17-32-9-5-10-33-20-26-42(39)46(34)45(32)33;1-47(2)43-27-36(19-22-40(43)41-23-20-37(28-44(41)47)35-16-13-29-7-3-4-8-33(29)25-35)34-11-6-12-38(26-34)39-21-17-32-15-14-30-9-5-10-31-18-24-42(39)46(32)45(30)31/h2*3-28H,1-2H3. The summed E-state index contributed by atoms with van der Waals surface area (Å²) in [5, 5.41) is 21.1. The van der Waals surface area contributed by atoms with Crippen molar-refractivity contribution in [1.82, 2.24) is 0 Å².